The zero-order chi connectivity index (χ0) is 14.0. The Hall–Kier alpha value is -1.36. The van der Waals surface area contributed by atoms with Gasteiger partial charge in [0.2, 0.25) is 5.91 Å². The van der Waals surface area contributed by atoms with Crippen molar-refractivity contribution in [1.82, 2.24) is 10.2 Å². The number of likely N-dealkylation sites (N-methyl/N-ethyl adjacent to an activating group) is 1. The van der Waals surface area contributed by atoms with Crippen molar-refractivity contribution in [3.05, 3.63) is 33.8 Å². The van der Waals surface area contributed by atoms with Crippen molar-refractivity contribution in [2.24, 2.45) is 0 Å². The molecular formula is C14H17BrN2O2. The van der Waals surface area contributed by atoms with Crippen LogP contribution in [0.15, 0.2) is 22.7 Å². The maximum absolute atomic E-state index is 12.2. The van der Waals surface area contributed by atoms with Gasteiger partial charge in [-0.25, -0.2) is 0 Å². The predicted molar refractivity (Wildman–Crippen MR) is 77.0 cm³/mol. The van der Waals surface area contributed by atoms with Crippen LogP contribution in [-0.2, 0) is 4.79 Å². The Morgan fingerprint density at radius 2 is 2.21 bits per heavy atom. The molecule has 4 nitrogen and oxygen atoms in total. The molecule has 0 spiro atoms. The van der Waals surface area contributed by atoms with Crippen LogP contribution >= 0.6 is 15.9 Å². The molecule has 1 unspecified atom stereocenters. The van der Waals surface area contributed by atoms with Crippen LogP contribution < -0.4 is 5.32 Å². The number of nitrogens with one attached hydrogen (secondary N) is 1. The van der Waals surface area contributed by atoms with Gasteiger partial charge in [0.1, 0.15) is 0 Å². The first-order chi connectivity index (χ1) is 8.99. The third-order valence-electron chi connectivity index (χ3n) is 3.47. The smallest absolute Gasteiger partial charge is 0.251 e. The Labute approximate surface area is 121 Å². The van der Waals surface area contributed by atoms with Gasteiger partial charge in [-0.05, 0) is 31.0 Å². The summed E-state index contributed by atoms with van der Waals surface area (Å²) in [6, 6.07) is 5.61. The molecule has 1 N–H and O–H groups in total. The van der Waals surface area contributed by atoms with Gasteiger partial charge < -0.3 is 10.2 Å². The van der Waals surface area contributed by atoms with E-state index in [0.717, 1.165) is 10.0 Å². The van der Waals surface area contributed by atoms with Gasteiger partial charge in [-0.1, -0.05) is 22.0 Å². The summed E-state index contributed by atoms with van der Waals surface area (Å²) in [5, 5.41) is 3.00. The highest BCUT2D eigenvalue weighted by molar-refractivity contribution is 9.10. The maximum atomic E-state index is 12.2. The van der Waals surface area contributed by atoms with Crippen LogP contribution in [0.2, 0.25) is 0 Å². The van der Waals surface area contributed by atoms with Gasteiger partial charge >= 0.3 is 0 Å². The molecule has 1 aliphatic rings. The van der Waals surface area contributed by atoms with E-state index in [0.29, 0.717) is 24.9 Å². The molecule has 1 saturated heterocycles. The van der Waals surface area contributed by atoms with E-state index in [9.17, 15) is 9.59 Å². The van der Waals surface area contributed by atoms with Gasteiger partial charge in [0.05, 0.1) is 0 Å². The molecule has 5 heteroatoms. The first-order valence-electron chi connectivity index (χ1n) is 6.29. The van der Waals surface area contributed by atoms with Gasteiger partial charge in [-0.15, -0.1) is 0 Å². The van der Waals surface area contributed by atoms with Crippen molar-refractivity contribution in [2.75, 3.05) is 13.6 Å². The molecule has 0 aromatic heterocycles. The SMILES string of the molecule is Cc1c(Br)cccc1C(=O)NC1CCC(=O)N(C)C1. The number of hydrogen-bond donors (Lipinski definition) is 1. The summed E-state index contributed by atoms with van der Waals surface area (Å²) in [7, 11) is 1.77. The predicted octanol–water partition coefficient (Wildman–Crippen LogP) is 2.11. The Balaban J connectivity index is 2.05. The second-order valence-corrected chi connectivity index (χ2v) is 5.75. The van der Waals surface area contributed by atoms with Crippen LogP contribution in [0, 0.1) is 6.92 Å². The molecule has 2 rings (SSSR count). The molecule has 1 fully saturated rings. The molecular weight excluding hydrogens is 308 g/mol. The van der Waals surface area contributed by atoms with Crippen molar-refractivity contribution >= 4 is 27.7 Å². The lowest BCUT2D eigenvalue weighted by molar-refractivity contribution is -0.132. The minimum Gasteiger partial charge on any atom is -0.348 e. The van der Waals surface area contributed by atoms with Crippen molar-refractivity contribution in [1.29, 1.82) is 0 Å². The zero-order valence-corrected chi connectivity index (χ0v) is 12.7. The van der Waals surface area contributed by atoms with Crippen LogP contribution in [0.25, 0.3) is 0 Å². The number of likely N-dealkylation sites (tertiary alicyclic amines) is 1. The molecule has 102 valence electrons. The maximum Gasteiger partial charge on any atom is 0.251 e. The van der Waals surface area contributed by atoms with Gasteiger partial charge in [0.15, 0.2) is 0 Å². The Bertz CT molecular complexity index is 516. The first kappa shape index (κ1) is 14.1. The minimum atomic E-state index is -0.0773. The quantitative estimate of drug-likeness (QED) is 0.905. The third-order valence-corrected chi connectivity index (χ3v) is 4.33. The number of benzene rings is 1. The summed E-state index contributed by atoms with van der Waals surface area (Å²) in [5.74, 6) is 0.0654. The Kier molecular flexibility index (Phi) is 4.24. The highest BCUT2D eigenvalue weighted by atomic mass is 79.9. The van der Waals surface area contributed by atoms with Crippen molar-refractivity contribution in [3.63, 3.8) is 0 Å². The molecule has 0 bridgehead atoms. The van der Waals surface area contributed by atoms with E-state index in [1.807, 2.05) is 25.1 Å². The average Bonchev–Trinajstić information content (AvgIpc) is 2.37. The summed E-state index contributed by atoms with van der Waals surface area (Å²) in [5.41, 5.74) is 1.61. The van der Waals surface area contributed by atoms with Crippen molar-refractivity contribution < 1.29 is 9.59 Å². The van der Waals surface area contributed by atoms with E-state index in [4.69, 9.17) is 0 Å². The van der Waals surface area contributed by atoms with Crippen molar-refractivity contribution in [2.45, 2.75) is 25.8 Å². The standard InChI is InChI=1S/C14H17BrN2O2/c1-9-11(4-3-5-12(9)15)14(19)16-10-6-7-13(18)17(2)8-10/h3-5,10H,6-8H2,1-2H3,(H,16,19). The third kappa shape index (κ3) is 3.15. The molecule has 19 heavy (non-hydrogen) atoms. The summed E-state index contributed by atoms with van der Waals surface area (Å²) in [6.45, 7) is 2.49. The number of carbonyl (C=O) groups excluding carboxylic acids is 2. The second kappa shape index (κ2) is 5.74. The monoisotopic (exact) mass is 324 g/mol. The van der Waals surface area contributed by atoms with E-state index >= 15 is 0 Å². The Morgan fingerprint density at radius 3 is 2.89 bits per heavy atom. The fraction of sp³-hybridized carbons (Fsp3) is 0.429. The van der Waals surface area contributed by atoms with E-state index in [2.05, 4.69) is 21.2 Å². The highest BCUT2D eigenvalue weighted by Crippen LogP contribution is 2.20. The van der Waals surface area contributed by atoms with E-state index < -0.39 is 0 Å². The van der Waals surface area contributed by atoms with Crippen LogP contribution in [-0.4, -0.2) is 36.3 Å². The summed E-state index contributed by atoms with van der Waals surface area (Å²) in [6.07, 6.45) is 1.21. The van der Waals surface area contributed by atoms with Crippen LogP contribution in [0.4, 0.5) is 0 Å². The number of carbonyl (C=O) groups is 2. The average molecular weight is 325 g/mol. The Morgan fingerprint density at radius 1 is 1.47 bits per heavy atom. The molecule has 2 amide bonds. The van der Waals surface area contributed by atoms with Gasteiger partial charge in [-0.2, -0.15) is 0 Å². The summed E-state index contributed by atoms with van der Waals surface area (Å²) in [4.78, 5) is 25.3. The molecule has 1 aromatic carbocycles. The van der Waals surface area contributed by atoms with E-state index in [1.54, 1.807) is 11.9 Å². The van der Waals surface area contributed by atoms with E-state index in [-0.39, 0.29) is 17.9 Å². The fourth-order valence-electron chi connectivity index (χ4n) is 2.25. The summed E-state index contributed by atoms with van der Waals surface area (Å²) < 4.78 is 0.927. The molecule has 0 aliphatic carbocycles. The first-order valence-corrected chi connectivity index (χ1v) is 7.08. The van der Waals surface area contributed by atoms with E-state index in [1.165, 1.54) is 0 Å². The van der Waals surface area contributed by atoms with Crippen molar-refractivity contribution in [3.8, 4) is 0 Å². The number of hydrogen-bond acceptors (Lipinski definition) is 2. The second-order valence-electron chi connectivity index (χ2n) is 4.90. The lowest BCUT2D eigenvalue weighted by atomic mass is 10.0. The van der Waals surface area contributed by atoms with Crippen LogP contribution in [0.3, 0.4) is 0 Å². The number of halogens is 1. The highest BCUT2D eigenvalue weighted by Gasteiger charge is 2.24. The lowest BCUT2D eigenvalue weighted by Crippen LogP contribution is -2.48. The normalized spacial score (nSPS) is 19.4. The topological polar surface area (TPSA) is 49.4 Å². The number of rotatable bonds is 2. The number of amides is 2. The van der Waals surface area contributed by atoms with Crippen LogP contribution in [0.5, 0.6) is 0 Å². The van der Waals surface area contributed by atoms with Gasteiger partial charge in [0, 0.05) is 36.1 Å². The molecule has 1 aliphatic heterocycles. The van der Waals surface area contributed by atoms with Gasteiger partial charge in [0.25, 0.3) is 5.91 Å². The fourth-order valence-corrected chi connectivity index (χ4v) is 2.61. The zero-order valence-electron chi connectivity index (χ0n) is 11.1. The van der Waals surface area contributed by atoms with Gasteiger partial charge in [-0.3, -0.25) is 9.59 Å². The van der Waals surface area contributed by atoms with Crippen LogP contribution in [0.1, 0.15) is 28.8 Å². The summed E-state index contributed by atoms with van der Waals surface area (Å²) >= 11 is 3.42. The molecule has 0 radical (unpaired) electrons. The lowest BCUT2D eigenvalue weighted by Gasteiger charge is -2.30. The molecule has 1 atom stereocenters. The number of piperidine rings is 1. The largest absolute Gasteiger partial charge is 0.348 e. The molecule has 1 aromatic rings. The minimum absolute atomic E-state index is 0.0357. The molecule has 0 saturated carbocycles. The molecule has 1 heterocycles. The number of nitrogens with zero attached hydrogens (tertiary/aromatic N) is 1.